The van der Waals surface area contributed by atoms with Gasteiger partial charge < -0.3 is 5.32 Å². The average Bonchev–Trinajstić information content (AvgIpc) is 2.94. The number of hydrogen-bond donors (Lipinski definition) is 1. The SMILES string of the molecule is Cc1nccc(C2CC2CNC(C)C)n1. The van der Waals surface area contributed by atoms with E-state index >= 15 is 0 Å². The first-order valence-corrected chi connectivity index (χ1v) is 5.69. The Morgan fingerprint density at radius 3 is 3.00 bits per heavy atom. The zero-order valence-corrected chi connectivity index (χ0v) is 9.70. The molecule has 1 aliphatic carbocycles. The monoisotopic (exact) mass is 205 g/mol. The van der Waals surface area contributed by atoms with E-state index in [1.165, 1.54) is 12.1 Å². The van der Waals surface area contributed by atoms with Gasteiger partial charge in [-0.3, -0.25) is 0 Å². The van der Waals surface area contributed by atoms with Gasteiger partial charge in [0.05, 0.1) is 0 Å². The molecule has 0 bridgehead atoms. The molecule has 2 atom stereocenters. The summed E-state index contributed by atoms with van der Waals surface area (Å²) in [7, 11) is 0. The number of nitrogens with one attached hydrogen (secondary N) is 1. The molecule has 1 saturated carbocycles. The molecular weight excluding hydrogens is 186 g/mol. The maximum Gasteiger partial charge on any atom is 0.125 e. The van der Waals surface area contributed by atoms with E-state index in [-0.39, 0.29) is 0 Å². The van der Waals surface area contributed by atoms with Crippen molar-refractivity contribution in [3.8, 4) is 0 Å². The van der Waals surface area contributed by atoms with Crippen molar-refractivity contribution in [2.24, 2.45) is 5.92 Å². The van der Waals surface area contributed by atoms with Crippen LogP contribution in [0.3, 0.4) is 0 Å². The van der Waals surface area contributed by atoms with Gasteiger partial charge in [0.1, 0.15) is 5.82 Å². The summed E-state index contributed by atoms with van der Waals surface area (Å²) in [6.45, 7) is 7.44. The first kappa shape index (κ1) is 10.6. The largest absolute Gasteiger partial charge is 0.314 e. The Morgan fingerprint density at radius 1 is 1.53 bits per heavy atom. The van der Waals surface area contributed by atoms with Crippen LogP contribution in [0.15, 0.2) is 12.3 Å². The zero-order chi connectivity index (χ0) is 10.8. The highest BCUT2D eigenvalue weighted by molar-refractivity contribution is 5.17. The van der Waals surface area contributed by atoms with Crippen LogP contribution in [0.4, 0.5) is 0 Å². The quantitative estimate of drug-likeness (QED) is 0.815. The molecular formula is C12H19N3. The lowest BCUT2D eigenvalue weighted by Gasteiger charge is -2.07. The fourth-order valence-corrected chi connectivity index (χ4v) is 1.90. The minimum Gasteiger partial charge on any atom is -0.314 e. The second-order valence-electron chi connectivity index (χ2n) is 4.69. The van der Waals surface area contributed by atoms with Crippen LogP contribution < -0.4 is 5.32 Å². The van der Waals surface area contributed by atoms with E-state index in [4.69, 9.17) is 0 Å². The molecule has 82 valence electrons. The van der Waals surface area contributed by atoms with E-state index in [0.29, 0.717) is 12.0 Å². The number of aryl methyl sites for hydroxylation is 1. The topological polar surface area (TPSA) is 37.8 Å². The molecule has 3 nitrogen and oxygen atoms in total. The molecule has 2 unspecified atom stereocenters. The van der Waals surface area contributed by atoms with Crippen LogP contribution >= 0.6 is 0 Å². The first-order valence-electron chi connectivity index (χ1n) is 5.69. The summed E-state index contributed by atoms with van der Waals surface area (Å²) in [4.78, 5) is 8.60. The van der Waals surface area contributed by atoms with E-state index in [2.05, 4.69) is 29.1 Å². The highest BCUT2D eigenvalue weighted by atomic mass is 14.9. The number of aromatic nitrogens is 2. The van der Waals surface area contributed by atoms with Gasteiger partial charge in [-0.1, -0.05) is 13.8 Å². The summed E-state index contributed by atoms with van der Waals surface area (Å²) in [6, 6.07) is 2.63. The predicted molar refractivity (Wildman–Crippen MR) is 60.8 cm³/mol. The normalized spacial score (nSPS) is 24.5. The van der Waals surface area contributed by atoms with Crippen LogP contribution in [-0.4, -0.2) is 22.6 Å². The Kier molecular flexibility index (Phi) is 3.00. The van der Waals surface area contributed by atoms with Crippen molar-refractivity contribution in [1.29, 1.82) is 0 Å². The molecule has 0 amide bonds. The summed E-state index contributed by atoms with van der Waals surface area (Å²) in [5.74, 6) is 2.33. The number of rotatable bonds is 4. The van der Waals surface area contributed by atoms with Crippen molar-refractivity contribution in [2.75, 3.05) is 6.54 Å². The maximum atomic E-state index is 4.47. The van der Waals surface area contributed by atoms with Crippen LogP contribution in [0.5, 0.6) is 0 Å². The molecule has 0 saturated heterocycles. The van der Waals surface area contributed by atoms with Crippen LogP contribution in [0.25, 0.3) is 0 Å². The van der Waals surface area contributed by atoms with Gasteiger partial charge in [-0.25, -0.2) is 9.97 Å². The molecule has 1 aliphatic rings. The zero-order valence-electron chi connectivity index (χ0n) is 9.70. The Hall–Kier alpha value is -0.960. The summed E-state index contributed by atoms with van der Waals surface area (Å²) in [6.07, 6.45) is 3.14. The Morgan fingerprint density at radius 2 is 2.33 bits per heavy atom. The Balaban J connectivity index is 1.88. The van der Waals surface area contributed by atoms with E-state index in [9.17, 15) is 0 Å². The first-order chi connectivity index (χ1) is 7.16. The summed E-state index contributed by atoms with van der Waals surface area (Å²) >= 11 is 0. The molecule has 0 aromatic carbocycles. The third-order valence-electron chi connectivity index (χ3n) is 2.89. The molecule has 1 heterocycles. The molecule has 1 aromatic heterocycles. The molecule has 0 spiro atoms. The summed E-state index contributed by atoms with van der Waals surface area (Å²) < 4.78 is 0. The lowest BCUT2D eigenvalue weighted by molar-refractivity contribution is 0.553. The molecule has 0 radical (unpaired) electrons. The number of hydrogen-bond acceptors (Lipinski definition) is 3. The molecule has 1 aromatic rings. The van der Waals surface area contributed by atoms with Crippen LogP contribution in [0.2, 0.25) is 0 Å². The molecule has 2 rings (SSSR count). The van der Waals surface area contributed by atoms with E-state index in [0.717, 1.165) is 18.3 Å². The van der Waals surface area contributed by atoms with Gasteiger partial charge in [-0.15, -0.1) is 0 Å². The van der Waals surface area contributed by atoms with Crippen LogP contribution in [0.1, 0.15) is 37.7 Å². The van der Waals surface area contributed by atoms with Gasteiger partial charge in [-0.05, 0) is 31.9 Å². The summed E-state index contributed by atoms with van der Waals surface area (Å²) in [5, 5.41) is 3.48. The predicted octanol–water partition coefficient (Wildman–Crippen LogP) is 1.89. The minimum atomic E-state index is 0.582. The van der Waals surface area contributed by atoms with Crippen molar-refractivity contribution in [3.05, 3.63) is 23.8 Å². The minimum absolute atomic E-state index is 0.582. The van der Waals surface area contributed by atoms with Crippen molar-refractivity contribution in [2.45, 2.75) is 39.2 Å². The highest BCUT2D eigenvalue weighted by Gasteiger charge is 2.38. The summed E-state index contributed by atoms with van der Waals surface area (Å²) in [5.41, 5.74) is 1.22. The molecule has 3 heteroatoms. The second-order valence-corrected chi connectivity index (χ2v) is 4.69. The van der Waals surface area contributed by atoms with Gasteiger partial charge in [0.2, 0.25) is 0 Å². The fourth-order valence-electron chi connectivity index (χ4n) is 1.90. The van der Waals surface area contributed by atoms with Gasteiger partial charge in [-0.2, -0.15) is 0 Å². The van der Waals surface area contributed by atoms with Crippen molar-refractivity contribution in [3.63, 3.8) is 0 Å². The average molecular weight is 205 g/mol. The van der Waals surface area contributed by atoms with Gasteiger partial charge in [0, 0.05) is 23.9 Å². The molecule has 0 aliphatic heterocycles. The smallest absolute Gasteiger partial charge is 0.125 e. The van der Waals surface area contributed by atoms with Gasteiger partial charge in [0.15, 0.2) is 0 Å². The standard InChI is InChI=1S/C12H19N3/c1-8(2)14-7-10-6-11(10)12-4-5-13-9(3)15-12/h4-5,8,10-11,14H,6-7H2,1-3H3. The van der Waals surface area contributed by atoms with E-state index in [1.807, 2.05) is 19.2 Å². The molecule has 1 N–H and O–H groups in total. The van der Waals surface area contributed by atoms with Gasteiger partial charge in [0.25, 0.3) is 0 Å². The maximum absolute atomic E-state index is 4.47. The second kappa shape index (κ2) is 4.27. The van der Waals surface area contributed by atoms with Crippen molar-refractivity contribution in [1.82, 2.24) is 15.3 Å². The lowest BCUT2D eigenvalue weighted by atomic mass is 10.2. The Labute approximate surface area is 91.3 Å². The van der Waals surface area contributed by atoms with Crippen molar-refractivity contribution >= 4 is 0 Å². The van der Waals surface area contributed by atoms with Crippen molar-refractivity contribution < 1.29 is 0 Å². The van der Waals surface area contributed by atoms with Gasteiger partial charge >= 0.3 is 0 Å². The fraction of sp³-hybridized carbons (Fsp3) is 0.667. The molecule has 1 fully saturated rings. The number of nitrogens with zero attached hydrogens (tertiary/aromatic N) is 2. The third kappa shape index (κ3) is 2.75. The van der Waals surface area contributed by atoms with E-state index in [1.54, 1.807) is 0 Å². The lowest BCUT2D eigenvalue weighted by Crippen LogP contribution is -2.25. The highest BCUT2D eigenvalue weighted by Crippen LogP contribution is 2.46. The van der Waals surface area contributed by atoms with Crippen LogP contribution in [-0.2, 0) is 0 Å². The van der Waals surface area contributed by atoms with Crippen LogP contribution in [0, 0.1) is 12.8 Å². The van der Waals surface area contributed by atoms with E-state index < -0.39 is 0 Å². The Bertz CT molecular complexity index is 335. The molecule has 15 heavy (non-hydrogen) atoms. The third-order valence-corrected chi connectivity index (χ3v) is 2.89.